The van der Waals surface area contributed by atoms with E-state index < -0.39 is 0 Å². The third kappa shape index (κ3) is 2.26. The highest BCUT2D eigenvalue weighted by molar-refractivity contribution is 6.30. The summed E-state index contributed by atoms with van der Waals surface area (Å²) in [5, 5.41) is 0.659. The molecule has 2 rings (SSSR count). The van der Waals surface area contributed by atoms with Crippen LogP contribution >= 0.6 is 11.6 Å². The highest BCUT2D eigenvalue weighted by Crippen LogP contribution is 2.23. The molecular weight excluding hydrogens is 200 g/mol. The molecule has 74 valence electrons. The Morgan fingerprint density at radius 3 is 2.93 bits per heavy atom. The van der Waals surface area contributed by atoms with Gasteiger partial charge in [0.25, 0.3) is 0 Å². The third-order valence-corrected chi connectivity index (χ3v) is 2.53. The van der Waals surface area contributed by atoms with Gasteiger partial charge in [0.15, 0.2) is 0 Å². The monoisotopic (exact) mass is 210 g/mol. The SMILES string of the molecule is O=C1CCC(Oc2cccc(Cl)c2)C1. The van der Waals surface area contributed by atoms with Crippen molar-refractivity contribution in [3.63, 3.8) is 0 Å². The highest BCUT2D eigenvalue weighted by atomic mass is 35.5. The molecule has 1 aromatic carbocycles. The first kappa shape index (κ1) is 9.53. The summed E-state index contributed by atoms with van der Waals surface area (Å²) < 4.78 is 5.62. The molecule has 0 spiro atoms. The molecule has 1 aromatic rings. The van der Waals surface area contributed by atoms with E-state index in [4.69, 9.17) is 16.3 Å². The summed E-state index contributed by atoms with van der Waals surface area (Å²) in [7, 11) is 0. The average molecular weight is 211 g/mol. The van der Waals surface area contributed by atoms with Gasteiger partial charge < -0.3 is 4.74 Å². The Bertz CT molecular complexity index is 349. The van der Waals surface area contributed by atoms with Gasteiger partial charge in [-0.2, -0.15) is 0 Å². The van der Waals surface area contributed by atoms with Crippen LogP contribution in [0.25, 0.3) is 0 Å². The smallest absolute Gasteiger partial charge is 0.136 e. The van der Waals surface area contributed by atoms with Crippen molar-refractivity contribution in [1.29, 1.82) is 0 Å². The van der Waals surface area contributed by atoms with E-state index in [2.05, 4.69) is 0 Å². The van der Waals surface area contributed by atoms with E-state index in [0.29, 0.717) is 17.9 Å². The van der Waals surface area contributed by atoms with Gasteiger partial charge in [-0.05, 0) is 24.6 Å². The number of ketones is 1. The summed E-state index contributed by atoms with van der Waals surface area (Å²) in [5.74, 6) is 1.04. The second-order valence-electron chi connectivity index (χ2n) is 3.48. The number of ether oxygens (including phenoxy) is 1. The summed E-state index contributed by atoms with van der Waals surface area (Å²) in [6, 6.07) is 7.27. The molecule has 0 aliphatic heterocycles. The molecule has 1 atom stereocenters. The van der Waals surface area contributed by atoms with Gasteiger partial charge in [-0.1, -0.05) is 17.7 Å². The molecule has 0 aromatic heterocycles. The topological polar surface area (TPSA) is 26.3 Å². The first-order valence-corrected chi connectivity index (χ1v) is 5.06. The molecule has 0 N–H and O–H groups in total. The van der Waals surface area contributed by atoms with Crippen molar-refractivity contribution in [2.24, 2.45) is 0 Å². The second kappa shape index (κ2) is 4.01. The van der Waals surface area contributed by atoms with Gasteiger partial charge in [0.1, 0.15) is 17.6 Å². The Hall–Kier alpha value is -1.02. The van der Waals surface area contributed by atoms with E-state index in [0.717, 1.165) is 12.2 Å². The maximum atomic E-state index is 11.0. The zero-order chi connectivity index (χ0) is 9.97. The van der Waals surface area contributed by atoms with Crippen LogP contribution in [0, 0.1) is 0 Å². The minimum absolute atomic E-state index is 0.0426. The number of halogens is 1. The predicted octanol–water partition coefficient (Wildman–Crippen LogP) is 2.84. The van der Waals surface area contributed by atoms with Crippen molar-refractivity contribution in [1.82, 2.24) is 0 Å². The van der Waals surface area contributed by atoms with E-state index in [1.54, 1.807) is 12.1 Å². The average Bonchev–Trinajstić information content (AvgIpc) is 2.51. The fourth-order valence-electron chi connectivity index (χ4n) is 1.61. The van der Waals surface area contributed by atoms with Gasteiger partial charge in [0.05, 0.1) is 0 Å². The number of rotatable bonds is 2. The summed E-state index contributed by atoms with van der Waals surface area (Å²) >= 11 is 5.81. The van der Waals surface area contributed by atoms with Crippen molar-refractivity contribution in [3.05, 3.63) is 29.3 Å². The maximum Gasteiger partial charge on any atom is 0.136 e. The molecule has 1 aliphatic carbocycles. The van der Waals surface area contributed by atoms with Crippen molar-refractivity contribution in [2.75, 3.05) is 0 Å². The first-order valence-electron chi connectivity index (χ1n) is 4.68. The molecule has 3 heteroatoms. The van der Waals surface area contributed by atoms with Crippen LogP contribution in [0.1, 0.15) is 19.3 Å². The van der Waals surface area contributed by atoms with E-state index in [-0.39, 0.29) is 11.9 Å². The molecule has 2 nitrogen and oxygen atoms in total. The Morgan fingerprint density at radius 1 is 1.43 bits per heavy atom. The van der Waals surface area contributed by atoms with Crippen LogP contribution in [0.5, 0.6) is 5.75 Å². The number of hydrogen-bond acceptors (Lipinski definition) is 2. The van der Waals surface area contributed by atoms with E-state index in [1.165, 1.54) is 0 Å². The predicted molar refractivity (Wildman–Crippen MR) is 54.7 cm³/mol. The molecule has 0 amide bonds. The molecule has 1 saturated carbocycles. The standard InChI is InChI=1S/C11H11ClO2/c12-8-2-1-3-10(6-8)14-11-5-4-9(13)7-11/h1-3,6,11H,4-5,7H2. The first-order chi connectivity index (χ1) is 6.74. The summed E-state index contributed by atoms with van der Waals surface area (Å²) in [6.07, 6.45) is 2.05. The minimum Gasteiger partial charge on any atom is -0.490 e. The third-order valence-electron chi connectivity index (χ3n) is 2.30. The van der Waals surface area contributed by atoms with Crippen molar-refractivity contribution < 1.29 is 9.53 Å². The number of Topliss-reactive ketones (excluding diaryl/α,β-unsaturated/α-hetero) is 1. The summed E-state index contributed by atoms with van der Waals surface area (Å²) in [4.78, 5) is 11.0. The lowest BCUT2D eigenvalue weighted by Gasteiger charge is -2.11. The van der Waals surface area contributed by atoms with Crippen LogP contribution in [0.3, 0.4) is 0 Å². The van der Waals surface area contributed by atoms with Crippen molar-refractivity contribution >= 4 is 17.4 Å². The van der Waals surface area contributed by atoms with Gasteiger partial charge >= 0.3 is 0 Å². The summed E-state index contributed by atoms with van der Waals surface area (Å²) in [5.41, 5.74) is 0. The van der Waals surface area contributed by atoms with Gasteiger partial charge in [-0.15, -0.1) is 0 Å². The molecular formula is C11H11ClO2. The van der Waals surface area contributed by atoms with Crippen LogP contribution < -0.4 is 4.74 Å². The van der Waals surface area contributed by atoms with E-state index in [9.17, 15) is 4.79 Å². The van der Waals surface area contributed by atoms with Gasteiger partial charge in [0.2, 0.25) is 0 Å². The molecule has 0 saturated heterocycles. The number of benzene rings is 1. The fourth-order valence-corrected chi connectivity index (χ4v) is 1.79. The molecule has 1 unspecified atom stereocenters. The van der Waals surface area contributed by atoms with Crippen LogP contribution in [-0.2, 0) is 4.79 Å². The molecule has 1 aliphatic rings. The Morgan fingerprint density at radius 2 is 2.29 bits per heavy atom. The molecule has 0 radical (unpaired) electrons. The highest BCUT2D eigenvalue weighted by Gasteiger charge is 2.23. The zero-order valence-corrected chi connectivity index (χ0v) is 8.46. The van der Waals surface area contributed by atoms with Crippen LogP contribution in [0.15, 0.2) is 24.3 Å². The molecule has 0 bridgehead atoms. The lowest BCUT2D eigenvalue weighted by molar-refractivity contribution is -0.117. The Labute approximate surface area is 87.8 Å². The van der Waals surface area contributed by atoms with Crippen LogP contribution in [0.2, 0.25) is 5.02 Å². The number of hydrogen-bond donors (Lipinski definition) is 0. The van der Waals surface area contributed by atoms with Crippen LogP contribution in [-0.4, -0.2) is 11.9 Å². The van der Waals surface area contributed by atoms with E-state index in [1.807, 2.05) is 12.1 Å². The van der Waals surface area contributed by atoms with E-state index >= 15 is 0 Å². The zero-order valence-electron chi connectivity index (χ0n) is 7.70. The maximum absolute atomic E-state index is 11.0. The van der Waals surface area contributed by atoms with Crippen molar-refractivity contribution in [3.8, 4) is 5.75 Å². The second-order valence-corrected chi connectivity index (χ2v) is 3.92. The van der Waals surface area contributed by atoms with Gasteiger partial charge in [-0.25, -0.2) is 0 Å². The molecule has 1 fully saturated rings. The lowest BCUT2D eigenvalue weighted by atomic mass is 10.3. The van der Waals surface area contributed by atoms with Crippen LogP contribution in [0.4, 0.5) is 0 Å². The fraction of sp³-hybridized carbons (Fsp3) is 0.364. The van der Waals surface area contributed by atoms with Gasteiger partial charge in [0, 0.05) is 17.9 Å². The Balaban J connectivity index is 2.00. The number of carbonyl (C=O) groups is 1. The molecule has 14 heavy (non-hydrogen) atoms. The van der Waals surface area contributed by atoms with Gasteiger partial charge in [-0.3, -0.25) is 4.79 Å². The number of carbonyl (C=O) groups excluding carboxylic acids is 1. The normalized spacial score (nSPS) is 21.2. The van der Waals surface area contributed by atoms with Crippen molar-refractivity contribution in [2.45, 2.75) is 25.4 Å². The summed E-state index contributed by atoms with van der Waals surface area (Å²) in [6.45, 7) is 0. The molecule has 0 heterocycles. The Kier molecular flexibility index (Phi) is 2.73. The largest absolute Gasteiger partial charge is 0.490 e. The lowest BCUT2D eigenvalue weighted by Crippen LogP contribution is -2.11. The quantitative estimate of drug-likeness (QED) is 0.751. The minimum atomic E-state index is 0.0426.